The van der Waals surface area contributed by atoms with Crippen LogP contribution < -0.4 is 0 Å². The van der Waals surface area contributed by atoms with Crippen molar-refractivity contribution in [1.82, 2.24) is 4.98 Å². The second-order valence-electron chi connectivity index (χ2n) is 5.39. The fourth-order valence-electron chi connectivity index (χ4n) is 2.83. The zero-order chi connectivity index (χ0) is 14.7. The second kappa shape index (κ2) is 3.77. The van der Waals surface area contributed by atoms with Crippen LogP contribution in [0.25, 0.3) is 10.9 Å². The van der Waals surface area contributed by atoms with Crippen LogP contribution in [0.5, 0.6) is 0 Å². The molecule has 2 unspecified atom stereocenters. The predicted molar refractivity (Wildman–Crippen MR) is 72.6 cm³/mol. The van der Waals surface area contributed by atoms with Crippen molar-refractivity contribution in [2.45, 2.75) is 25.0 Å². The smallest absolute Gasteiger partial charge is 0.237 e. The molecule has 0 saturated heterocycles. The van der Waals surface area contributed by atoms with E-state index < -0.39 is 22.8 Å². The molecule has 0 amide bonds. The Labute approximate surface area is 115 Å². The number of hydrogen-bond acceptors (Lipinski definition) is 4. The highest BCUT2D eigenvalue weighted by molar-refractivity contribution is 6.49. The lowest BCUT2D eigenvalue weighted by Gasteiger charge is -2.42. The van der Waals surface area contributed by atoms with E-state index in [4.69, 9.17) is 4.74 Å². The third kappa shape index (κ3) is 1.29. The number of carbonyl (C=O) groups excluding carboxylic acids is 2. The number of methoxy groups -OCH3 is 1. The highest BCUT2D eigenvalue weighted by atomic mass is 16.5. The zero-order valence-electron chi connectivity index (χ0n) is 11.5. The Morgan fingerprint density at radius 2 is 1.85 bits per heavy atom. The van der Waals surface area contributed by atoms with Crippen molar-refractivity contribution in [3.05, 3.63) is 35.5 Å². The molecule has 2 aromatic rings. The maximum Gasteiger partial charge on any atom is 0.237 e. The summed E-state index contributed by atoms with van der Waals surface area (Å²) in [4.78, 5) is 27.7. The summed E-state index contributed by atoms with van der Waals surface area (Å²) in [5, 5.41) is 11.2. The van der Waals surface area contributed by atoms with Crippen LogP contribution in [-0.4, -0.2) is 34.4 Å². The molecule has 0 bridgehead atoms. The average molecular weight is 273 g/mol. The number of fused-ring (bicyclic) bond motifs is 3. The first-order chi connectivity index (χ1) is 9.34. The molecule has 1 aromatic heterocycles. The number of nitrogens with one attached hydrogen (secondary N) is 1. The van der Waals surface area contributed by atoms with Gasteiger partial charge >= 0.3 is 0 Å². The fraction of sp³-hybridized carbons (Fsp3) is 0.333. The molecule has 1 aromatic carbocycles. The normalized spacial score (nSPS) is 29.8. The largest absolute Gasteiger partial charge is 0.378 e. The molecule has 104 valence electrons. The highest BCUT2D eigenvalue weighted by Gasteiger charge is 2.59. The van der Waals surface area contributed by atoms with Gasteiger partial charge in [-0.25, -0.2) is 0 Å². The molecule has 3 rings (SSSR count). The molecule has 1 aliphatic carbocycles. The number of H-pyrrole nitrogens is 1. The number of hydrogen-bond donors (Lipinski definition) is 2. The fourth-order valence-corrected chi connectivity index (χ4v) is 2.83. The second-order valence-corrected chi connectivity index (χ2v) is 5.39. The molecule has 0 saturated carbocycles. The van der Waals surface area contributed by atoms with Crippen molar-refractivity contribution in [2.24, 2.45) is 0 Å². The maximum atomic E-state index is 12.3. The number of para-hydroxylation sites is 1. The van der Waals surface area contributed by atoms with Gasteiger partial charge in [-0.05, 0) is 19.9 Å². The summed E-state index contributed by atoms with van der Waals surface area (Å²) < 4.78 is 5.41. The number of Topliss-reactive ketones (excluding diaryl/α,β-unsaturated/α-hetero) is 2. The lowest BCUT2D eigenvalue weighted by molar-refractivity contribution is -0.175. The van der Waals surface area contributed by atoms with E-state index >= 15 is 0 Å². The Kier molecular flexibility index (Phi) is 2.46. The molecule has 2 atom stereocenters. The van der Waals surface area contributed by atoms with Crippen molar-refractivity contribution in [3.63, 3.8) is 0 Å². The van der Waals surface area contributed by atoms with Crippen LogP contribution in [0.1, 0.15) is 29.9 Å². The minimum absolute atomic E-state index is 0.293. The molecule has 2 N–H and O–H groups in total. The molecule has 0 aliphatic heterocycles. The first-order valence-corrected chi connectivity index (χ1v) is 6.32. The Hall–Kier alpha value is -1.98. The van der Waals surface area contributed by atoms with Gasteiger partial charge in [0.05, 0.1) is 11.3 Å². The zero-order valence-corrected chi connectivity index (χ0v) is 11.5. The number of aliphatic hydroxyl groups is 1. The molecular weight excluding hydrogens is 258 g/mol. The van der Waals surface area contributed by atoms with E-state index in [-0.39, 0.29) is 0 Å². The molecular formula is C15H15NO4. The topological polar surface area (TPSA) is 79.4 Å². The quantitative estimate of drug-likeness (QED) is 0.772. The predicted octanol–water partition coefficient (Wildman–Crippen LogP) is 1.55. The Balaban J connectivity index is 2.45. The molecule has 20 heavy (non-hydrogen) atoms. The van der Waals surface area contributed by atoms with Gasteiger partial charge in [0, 0.05) is 18.0 Å². The van der Waals surface area contributed by atoms with Crippen molar-refractivity contribution in [2.75, 3.05) is 7.11 Å². The van der Waals surface area contributed by atoms with E-state index in [1.165, 1.54) is 14.0 Å². The third-order valence-electron chi connectivity index (χ3n) is 4.40. The Morgan fingerprint density at radius 1 is 1.20 bits per heavy atom. The summed E-state index contributed by atoms with van der Waals surface area (Å²) in [7, 11) is 1.41. The average Bonchev–Trinajstić information content (AvgIpc) is 2.83. The van der Waals surface area contributed by atoms with Crippen LogP contribution in [0.15, 0.2) is 24.3 Å². The minimum atomic E-state index is -1.91. The molecule has 0 fully saturated rings. The van der Waals surface area contributed by atoms with E-state index in [0.29, 0.717) is 16.6 Å². The van der Waals surface area contributed by atoms with Crippen LogP contribution in [0.4, 0.5) is 0 Å². The van der Waals surface area contributed by atoms with Crippen LogP contribution in [-0.2, 0) is 15.1 Å². The molecule has 5 heteroatoms. The molecule has 1 heterocycles. The lowest BCUT2D eigenvalue weighted by Crippen LogP contribution is -2.60. The van der Waals surface area contributed by atoms with Crippen LogP contribution in [0.2, 0.25) is 0 Å². The van der Waals surface area contributed by atoms with Crippen LogP contribution >= 0.6 is 0 Å². The minimum Gasteiger partial charge on any atom is -0.378 e. The molecule has 5 nitrogen and oxygen atoms in total. The van der Waals surface area contributed by atoms with E-state index in [2.05, 4.69) is 4.98 Å². The van der Waals surface area contributed by atoms with E-state index in [1.54, 1.807) is 19.1 Å². The summed E-state index contributed by atoms with van der Waals surface area (Å²) in [6.07, 6.45) is 0. The highest BCUT2D eigenvalue weighted by Crippen LogP contribution is 2.44. The van der Waals surface area contributed by atoms with Gasteiger partial charge in [-0.2, -0.15) is 0 Å². The number of carbonyl (C=O) groups is 2. The summed E-state index contributed by atoms with van der Waals surface area (Å²) >= 11 is 0. The molecule has 0 radical (unpaired) electrons. The lowest BCUT2D eigenvalue weighted by atomic mass is 9.71. The van der Waals surface area contributed by atoms with E-state index in [9.17, 15) is 14.7 Å². The first kappa shape index (κ1) is 13.0. The van der Waals surface area contributed by atoms with Gasteiger partial charge in [0.1, 0.15) is 5.60 Å². The third-order valence-corrected chi connectivity index (χ3v) is 4.40. The van der Waals surface area contributed by atoms with Gasteiger partial charge in [0.15, 0.2) is 5.60 Å². The number of ether oxygens (including phenoxy) is 1. The van der Waals surface area contributed by atoms with Crippen molar-refractivity contribution in [3.8, 4) is 0 Å². The number of aromatic amines is 1. The SMILES string of the molecule is COC1(C)c2[nH]c3ccccc3c2C(=O)C(=O)C1(C)O. The van der Waals surface area contributed by atoms with Gasteiger partial charge in [0.25, 0.3) is 0 Å². The summed E-state index contributed by atoms with van der Waals surface area (Å²) in [6, 6.07) is 7.21. The number of benzene rings is 1. The van der Waals surface area contributed by atoms with E-state index in [0.717, 1.165) is 5.52 Å². The maximum absolute atomic E-state index is 12.3. The van der Waals surface area contributed by atoms with Gasteiger partial charge in [-0.15, -0.1) is 0 Å². The summed E-state index contributed by atoms with van der Waals surface area (Å²) in [6.45, 7) is 2.91. The van der Waals surface area contributed by atoms with E-state index in [1.807, 2.05) is 12.1 Å². The number of rotatable bonds is 1. The van der Waals surface area contributed by atoms with Gasteiger partial charge in [0.2, 0.25) is 11.6 Å². The number of aromatic nitrogens is 1. The monoisotopic (exact) mass is 273 g/mol. The molecule has 0 spiro atoms. The van der Waals surface area contributed by atoms with Crippen LogP contribution in [0.3, 0.4) is 0 Å². The van der Waals surface area contributed by atoms with Crippen LogP contribution in [0, 0.1) is 0 Å². The van der Waals surface area contributed by atoms with Gasteiger partial charge < -0.3 is 14.8 Å². The standard InChI is InChI=1S/C15H15NO4/c1-14(19)13(18)11(17)10-8-6-4-5-7-9(8)16-12(10)15(14,2)20-3/h4-7,16,19H,1-3H3. The Bertz CT molecular complexity index is 743. The summed E-state index contributed by atoms with van der Waals surface area (Å²) in [5.74, 6) is -1.53. The van der Waals surface area contributed by atoms with Crippen molar-refractivity contribution in [1.29, 1.82) is 0 Å². The number of ketones is 2. The Morgan fingerprint density at radius 3 is 2.50 bits per heavy atom. The van der Waals surface area contributed by atoms with Gasteiger partial charge in [-0.1, -0.05) is 18.2 Å². The first-order valence-electron chi connectivity index (χ1n) is 6.32. The van der Waals surface area contributed by atoms with Crippen molar-refractivity contribution < 1.29 is 19.4 Å². The summed E-state index contributed by atoms with van der Waals surface area (Å²) in [5.41, 5.74) is -1.74. The van der Waals surface area contributed by atoms with Gasteiger partial charge in [-0.3, -0.25) is 9.59 Å². The molecule has 1 aliphatic rings. The van der Waals surface area contributed by atoms with Crippen molar-refractivity contribution >= 4 is 22.5 Å².